The smallest absolute Gasteiger partial charge is 0.134 e. The highest BCUT2D eigenvalue weighted by atomic mass is 16.5. The first-order valence-corrected chi connectivity index (χ1v) is 6.37. The number of hydrogen-bond donors (Lipinski definition) is 2. The van der Waals surface area contributed by atoms with Gasteiger partial charge in [-0.15, -0.1) is 0 Å². The van der Waals surface area contributed by atoms with Gasteiger partial charge in [0, 0.05) is 24.3 Å². The number of rotatable bonds is 3. The van der Waals surface area contributed by atoms with Gasteiger partial charge in [-0.2, -0.15) is 0 Å². The summed E-state index contributed by atoms with van der Waals surface area (Å²) in [5, 5.41) is 13.5. The first-order chi connectivity index (χ1) is 8.83. The van der Waals surface area contributed by atoms with Crippen LogP contribution in [-0.4, -0.2) is 29.4 Å². The normalized spacial score (nSPS) is 23.7. The molecule has 0 saturated carbocycles. The Labute approximate surface area is 106 Å². The van der Waals surface area contributed by atoms with Crippen molar-refractivity contribution in [1.29, 1.82) is 0 Å². The lowest BCUT2D eigenvalue weighted by atomic mass is 10.2. The lowest BCUT2D eigenvalue weighted by molar-refractivity contribution is -0.0202. The molecular weight excluding hydrogens is 228 g/mol. The Morgan fingerprint density at radius 3 is 3.00 bits per heavy atom. The quantitative estimate of drug-likeness (QED) is 0.874. The molecule has 2 aromatic rings. The molecule has 1 aromatic carbocycles. The highest BCUT2D eigenvalue weighted by Gasteiger charge is 2.26. The molecule has 1 fully saturated rings. The van der Waals surface area contributed by atoms with E-state index in [-0.39, 0.29) is 18.9 Å². The highest BCUT2D eigenvalue weighted by Crippen LogP contribution is 2.33. The summed E-state index contributed by atoms with van der Waals surface area (Å²) in [6.07, 6.45) is 3.98. The summed E-state index contributed by atoms with van der Waals surface area (Å²) in [4.78, 5) is 0. The van der Waals surface area contributed by atoms with Crippen LogP contribution in [0, 0.1) is 0 Å². The minimum atomic E-state index is -0.0140. The van der Waals surface area contributed by atoms with Crippen LogP contribution in [-0.2, 0) is 4.74 Å². The number of hydrogen-bond acceptors (Lipinski definition) is 3. The Kier molecular flexibility index (Phi) is 2.97. The molecule has 1 aromatic heterocycles. The van der Waals surface area contributed by atoms with E-state index in [0.717, 1.165) is 18.5 Å². The fourth-order valence-corrected chi connectivity index (χ4v) is 2.68. The van der Waals surface area contributed by atoms with Crippen molar-refractivity contribution in [2.75, 3.05) is 19.0 Å². The summed E-state index contributed by atoms with van der Waals surface area (Å²) in [6, 6.07) is 8.32. The van der Waals surface area contributed by atoms with Gasteiger partial charge in [-0.25, -0.2) is 0 Å². The SMILES string of the molecule is CNc1cccc2c1ccn2[C@H]1CC[C@@H](CO)O1. The van der Waals surface area contributed by atoms with E-state index < -0.39 is 0 Å². The summed E-state index contributed by atoms with van der Waals surface area (Å²) in [5.41, 5.74) is 2.30. The molecule has 96 valence electrons. The molecule has 0 aliphatic carbocycles. The van der Waals surface area contributed by atoms with Crippen molar-refractivity contribution < 1.29 is 9.84 Å². The molecule has 0 bridgehead atoms. The van der Waals surface area contributed by atoms with E-state index >= 15 is 0 Å². The van der Waals surface area contributed by atoms with Crippen LogP contribution in [0.2, 0.25) is 0 Å². The number of anilines is 1. The molecule has 18 heavy (non-hydrogen) atoms. The molecule has 2 N–H and O–H groups in total. The van der Waals surface area contributed by atoms with Crippen LogP contribution in [0.15, 0.2) is 30.5 Å². The monoisotopic (exact) mass is 246 g/mol. The van der Waals surface area contributed by atoms with Gasteiger partial charge in [-0.3, -0.25) is 0 Å². The molecule has 1 aliphatic rings. The van der Waals surface area contributed by atoms with Crippen molar-refractivity contribution in [2.24, 2.45) is 0 Å². The van der Waals surface area contributed by atoms with Gasteiger partial charge in [-0.1, -0.05) is 6.07 Å². The van der Waals surface area contributed by atoms with Gasteiger partial charge < -0.3 is 19.7 Å². The third-order valence-electron chi connectivity index (χ3n) is 3.63. The number of ether oxygens (including phenoxy) is 1. The van der Waals surface area contributed by atoms with Gasteiger partial charge in [-0.05, 0) is 31.0 Å². The Morgan fingerprint density at radius 1 is 1.39 bits per heavy atom. The number of nitrogens with zero attached hydrogens (tertiary/aromatic N) is 1. The van der Waals surface area contributed by atoms with Gasteiger partial charge in [0.05, 0.1) is 18.2 Å². The highest BCUT2D eigenvalue weighted by molar-refractivity contribution is 5.92. The Bertz CT molecular complexity index is 550. The Hall–Kier alpha value is -1.52. The first-order valence-electron chi connectivity index (χ1n) is 6.37. The van der Waals surface area contributed by atoms with Gasteiger partial charge in [0.15, 0.2) is 0 Å². The molecule has 0 unspecified atom stereocenters. The Morgan fingerprint density at radius 2 is 2.28 bits per heavy atom. The zero-order chi connectivity index (χ0) is 12.5. The van der Waals surface area contributed by atoms with E-state index in [0.29, 0.717) is 0 Å². The number of aromatic nitrogens is 1. The zero-order valence-electron chi connectivity index (χ0n) is 10.5. The minimum absolute atomic E-state index is 0.0140. The number of aliphatic hydroxyl groups is 1. The lowest BCUT2D eigenvalue weighted by Crippen LogP contribution is -2.13. The van der Waals surface area contributed by atoms with E-state index in [1.165, 1.54) is 10.9 Å². The van der Waals surface area contributed by atoms with E-state index in [9.17, 15) is 0 Å². The van der Waals surface area contributed by atoms with Gasteiger partial charge in [0.2, 0.25) is 0 Å². The minimum Gasteiger partial charge on any atom is -0.394 e. The van der Waals surface area contributed by atoms with E-state index in [1.54, 1.807) is 0 Å². The molecule has 1 aliphatic heterocycles. The van der Waals surface area contributed by atoms with Gasteiger partial charge in [0.25, 0.3) is 0 Å². The van der Waals surface area contributed by atoms with Crippen molar-refractivity contribution in [3.05, 3.63) is 30.5 Å². The van der Waals surface area contributed by atoms with Crippen LogP contribution in [0.5, 0.6) is 0 Å². The van der Waals surface area contributed by atoms with Crippen molar-refractivity contribution >= 4 is 16.6 Å². The fraction of sp³-hybridized carbons (Fsp3) is 0.429. The van der Waals surface area contributed by atoms with Gasteiger partial charge in [0.1, 0.15) is 6.23 Å². The van der Waals surface area contributed by atoms with Crippen LogP contribution >= 0.6 is 0 Å². The molecule has 0 amide bonds. The number of fused-ring (bicyclic) bond motifs is 1. The first kappa shape index (κ1) is 11.6. The molecule has 2 heterocycles. The largest absolute Gasteiger partial charge is 0.394 e. The molecule has 2 atom stereocenters. The van der Waals surface area contributed by atoms with Gasteiger partial charge >= 0.3 is 0 Å². The third kappa shape index (κ3) is 1.78. The van der Waals surface area contributed by atoms with Crippen LogP contribution in [0.25, 0.3) is 10.9 Å². The number of aliphatic hydroxyl groups excluding tert-OH is 1. The summed E-state index contributed by atoms with van der Waals surface area (Å²) in [7, 11) is 1.93. The second-order valence-corrected chi connectivity index (χ2v) is 4.68. The maximum atomic E-state index is 9.13. The molecule has 0 spiro atoms. The fourth-order valence-electron chi connectivity index (χ4n) is 2.68. The van der Waals surface area contributed by atoms with Crippen molar-refractivity contribution in [1.82, 2.24) is 4.57 Å². The van der Waals surface area contributed by atoms with E-state index in [2.05, 4.69) is 34.3 Å². The second kappa shape index (κ2) is 4.63. The number of nitrogens with one attached hydrogen (secondary N) is 1. The summed E-state index contributed by atoms with van der Waals surface area (Å²) in [5.74, 6) is 0. The molecule has 3 rings (SSSR count). The topological polar surface area (TPSA) is 46.4 Å². The number of benzene rings is 1. The van der Waals surface area contributed by atoms with Crippen molar-refractivity contribution in [3.8, 4) is 0 Å². The summed E-state index contributed by atoms with van der Waals surface area (Å²) < 4.78 is 7.99. The molecule has 4 heteroatoms. The summed E-state index contributed by atoms with van der Waals surface area (Å²) >= 11 is 0. The maximum absolute atomic E-state index is 9.13. The van der Waals surface area contributed by atoms with Crippen LogP contribution in [0.3, 0.4) is 0 Å². The van der Waals surface area contributed by atoms with Crippen LogP contribution in [0.4, 0.5) is 5.69 Å². The maximum Gasteiger partial charge on any atom is 0.134 e. The predicted octanol–water partition coefficient (Wildman–Crippen LogP) is 2.35. The standard InChI is InChI=1S/C14H18N2O2/c1-15-12-3-2-4-13-11(12)7-8-16(13)14-6-5-10(9-17)18-14/h2-4,7-8,10,14-15,17H,5-6,9H2,1H3/t10-,14+/m0/s1. The van der Waals surface area contributed by atoms with E-state index in [4.69, 9.17) is 9.84 Å². The Balaban J connectivity index is 1.98. The zero-order valence-corrected chi connectivity index (χ0v) is 10.5. The molecule has 4 nitrogen and oxygen atoms in total. The molecule has 1 saturated heterocycles. The van der Waals surface area contributed by atoms with Crippen LogP contribution < -0.4 is 5.32 Å². The molecular formula is C14H18N2O2. The summed E-state index contributed by atoms with van der Waals surface area (Å²) in [6.45, 7) is 0.109. The average Bonchev–Trinajstić information content (AvgIpc) is 3.03. The molecule has 0 radical (unpaired) electrons. The lowest BCUT2D eigenvalue weighted by Gasteiger charge is -2.15. The predicted molar refractivity (Wildman–Crippen MR) is 71.7 cm³/mol. The van der Waals surface area contributed by atoms with Crippen molar-refractivity contribution in [2.45, 2.75) is 25.2 Å². The van der Waals surface area contributed by atoms with E-state index in [1.807, 2.05) is 13.1 Å². The van der Waals surface area contributed by atoms with Crippen molar-refractivity contribution in [3.63, 3.8) is 0 Å². The third-order valence-corrected chi connectivity index (χ3v) is 3.63. The average molecular weight is 246 g/mol. The second-order valence-electron chi connectivity index (χ2n) is 4.68. The van der Waals surface area contributed by atoms with Crippen LogP contribution in [0.1, 0.15) is 19.1 Å².